The van der Waals surface area contributed by atoms with Gasteiger partial charge >= 0.3 is 0 Å². The van der Waals surface area contributed by atoms with Crippen LogP contribution in [0.1, 0.15) is 52.4 Å². The van der Waals surface area contributed by atoms with Crippen molar-refractivity contribution < 1.29 is 9.59 Å². The van der Waals surface area contributed by atoms with Gasteiger partial charge in [-0.25, -0.2) is 0 Å². The summed E-state index contributed by atoms with van der Waals surface area (Å²) in [6, 6.07) is 0.339. The third kappa shape index (κ3) is 2.33. The average molecular weight is 278 g/mol. The third-order valence-corrected chi connectivity index (χ3v) is 5.46. The van der Waals surface area contributed by atoms with Crippen LogP contribution in [0.25, 0.3) is 0 Å². The van der Waals surface area contributed by atoms with Crippen LogP contribution in [0, 0.1) is 11.8 Å². The molecule has 3 rings (SSSR count). The van der Waals surface area contributed by atoms with Gasteiger partial charge in [-0.2, -0.15) is 0 Å². The molecule has 4 nitrogen and oxygen atoms in total. The van der Waals surface area contributed by atoms with E-state index in [1.807, 2.05) is 9.80 Å². The molecule has 1 heterocycles. The van der Waals surface area contributed by atoms with E-state index in [9.17, 15) is 9.59 Å². The van der Waals surface area contributed by atoms with Crippen molar-refractivity contribution >= 4 is 11.8 Å². The second-order valence-corrected chi connectivity index (χ2v) is 6.93. The Kier molecular flexibility index (Phi) is 3.74. The number of nitrogens with zero attached hydrogens (tertiary/aromatic N) is 2. The lowest BCUT2D eigenvalue weighted by Crippen LogP contribution is -2.61. The third-order valence-electron chi connectivity index (χ3n) is 5.46. The fourth-order valence-electron chi connectivity index (χ4n) is 3.52. The number of amides is 2. The highest BCUT2D eigenvalue weighted by molar-refractivity contribution is 5.82. The van der Waals surface area contributed by atoms with E-state index in [1.165, 1.54) is 12.8 Å². The molecule has 1 saturated heterocycles. The number of carbonyl (C=O) groups excluding carboxylic acids is 2. The molecule has 2 aliphatic carbocycles. The Bertz CT molecular complexity index is 363. The largest absolute Gasteiger partial charge is 0.336 e. The number of carbonyl (C=O) groups is 2. The Labute approximate surface area is 121 Å². The number of hydrogen-bond acceptors (Lipinski definition) is 2. The predicted octanol–water partition coefficient (Wildman–Crippen LogP) is 2.03. The Balaban J connectivity index is 1.62. The maximum atomic E-state index is 12.4. The van der Waals surface area contributed by atoms with E-state index in [0.717, 1.165) is 38.8 Å². The standard InChI is InChI=1S/C16H26N2O2/c1-11-9-18(16(20)14-7-4-8-14)12(2)10-17(11)15(19)13-5-3-6-13/h11-14H,3-10H2,1-2H3/t11-,12-/m1/s1. The van der Waals surface area contributed by atoms with Crippen molar-refractivity contribution in [3.8, 4) is 0 Å². The quantitative estimate of drug-likeness (QED) is 0.775. The van der Waals surface area contributed by atoms with E-state index in [-0.39, 0.29) is 23.9 Å². The number of hydrogen-bond donors (Lipinski definition) is 0. The maximum absolute atomic E-state index is 12.4. The second kappa shape index (κ2) is 5.38. The molecule has 4 heteroatoms. The fourth-order valence-corrected chi connectivity index (χ4v) is 3.52. The molecule has 0 bridgehead atoms. The zero-order valence-corrected chi connectivity index (χ0v) is 12.7. The highest BCUT2D eigenvalue weighted by atomic mass is 16.2. The van der Waals surface area contributed by atoms with Gasteiger partial charge in [-0.05, 0) is 39.5 Å². The minimum absolute atomic E-state index is 0.170. The minimum atomic E-state index is 0.170. The molecule has 0 N–H and O–H groups in total. The van der Waals surface area contributed by atoms with Gasteiger partial charge in [0.25, 0.3) is 0 Å². The van der Waals surface area contributed by atoms with Gasteiger partial charge in [0.1, 0.15) is 0 Å². The average Bonchev–Trinajstić information content (AvgIpc) is 2.26. The first-order valence-electron chi connectivity index (χ1n) is 8.19. The Morgan fingerprint density at radius 1 is 0.750 bits per heavy atom. The second-order valence-electron chi connectivity index (χ2n) is 6.93. The van der Waals surface area contributed by atoms with Gasteiger partial charge in [-0.3, -0.25) is 9.59 Å². The lowest BCUT2D eigenvalue weighted by molar-refractivity contribution is -0.153. The van der Waals surface area contributed by atoms with E-state index < -0.39 is 0 Å². The molecule has 0 aromatic carbocycles. The summed E-state index contributed by atoms with van der Waals surface area (Å²) in [6.45, 7) is 5.61. The lowest BCUT2D eigenvalue weighted by Gasteiger charge is -2.47. The topological polar surface area (TPSA) is 40.6 Å². The summed E-state index contributed by atoms with van der Waals surface area (Å²) in [6.07, 6.45) is 6.62. The summed E-state index contributed by atoms with van der Waals surface area (Å²) in [5.74, 6) is 1.18. The Morgan fingerprint density at radius 3 is 1.35 bits per heavy atom. The van der Waals surface area contributed by atoms with Crippen molar-refractivity contribution in [1.29, 1.82) is 0 Å². The van der Waals surface area contributed by atoms with Crippen LogP contribution in [0.3, 0.4) is 0 Å². The molecule has 20 heavy (non-hydrogen) atoms. The van der Waals surface area contributed by atoms with Crippen molar-refractivity contribution in [3.63, 3.8) is 0 Å². The normalized spacial score (nSPS) is 31.7. The summed E-state index contributed by atoms with van der Waals surface area (Å²) in [5.41, 5.74) is 0. The number of piperazine rings is 1. The highest BCUT2D eigenvalue weighted by Gasteiger charge is 2.40. The van der Waals surface area contributed by atoms with Crippen molar-refractivity contribution in [3.05, 3.63) is 0 Å². The summed E-state index contributed by atoms with van der Waals surface area (Å²) >= 11 is 0. The monoisotopic (exact) mass is 278 g/mol. The molecule has 2 amide bonds. The van der Waals surface area contributed by atoms with Crippen molar-refractivity contribution in [2.24, 2.45) is 11.8 Å². The van der Waals surface area contributed by atoms with Gasteiger partial charge in [0.2, 0.25) is 11.8 Å². The maximum Gasteiger partial charge on any atom is 0.226 e. The van der Waals surface area contributed by atoms with Crippen molar-refractivity contribution in [2.75, 3.05) is 13.1 Å². The molecule has 2 saturated carbocycles. The van der Waals surface area contributed by atoms with Crippen molar-refractivity contribution in [1.82, 2.24) is 9.80 Å². The SMILES string of the molecule is C[C@@H]1CN(C(=O)C2CCC2)[C@H](C)CN1C(=O)C1CCC1. The molecule has 0 aromatic rings. The van der Waals surface area contributed by atoms with Gasteiger partial charge in [-0.15, -0.1) is 0 Å². The van der Waals surface area contributed by atoms with Crippen LogP contribution in [0.5, 0.6) is 0 Å². The van der Waals surface area contributed by atoms with E-state index in [0.29, 0.717) is 11.8 Å². The molecule has 0 aromatic heterocycles. The smallest absolute Gasteiger partial charge is 0.226 e. The Hall–Kier alpha value is -1.06. The van der Waals surface area contributed by atoms with E-state index >= 15 is 0 Å². The lowest BCUT2D eigenvalue weighted by atomic mass is 9.82. The molecule has 3 aliphatic rings. The van der Waals surface area contributed by atoms with Crippen LogP contribution in [-0.2, 0) is 9.59 Å². The summed E-state index contributed by atoms with van der Waals surface area (Å²) < 4.78 is 0. The molecule has 112 valence electrons. The summed E-state index contributed by atoms with van der Waals surface area (Å²) in [5, 5.41) is 0. The number of rotatable bonds is 2. The predicted molar refractivity (Wildman–Crippen MR) is 77.0 cm³/mol. The minimum Gasteiger partial charge on any atom is -0.336 e. The molecular formula is C16H26N2O2. The van der Waals surface area contributed by atoms with Gasteiger partial charge in [0, 0.05) is 37.0 Å². The van der Waals surface area contributed by atoms with Gasteiger partial charge < -0.3 is 9.80 Å². The van der Waals surface area contributed by atoms with Gasteiger partial charge in [0.15, 0.2) is 0 Å². The van der Waals surface area contributed by atoms with Gasteiger partial charge in [0.05, 0.1) is 0 Å². The van der Waals surface area contributed by atoms with Crippen LogP contribution in [0.2, 0.25) is 0 Å². The van der Waals surface area contributed by atoms with E-state index in [2.05, 4.69) is 13.8 Å². The fraction of sp³-hybridized carbons (Fsp3) is 0.875. The molecule has 0 unspecified atom stereocenters. The van der Waals surface area contributed by atoms with E-state index in [1.54, 1.807) is 0 Å². The molecule has 3 fully saturated rings. The molecule has 0 spiro atoms. The molecule has 0 radical (unpaired) electrons. The first kappa shape index (κ1) is 13.9. The van der Waals surface area contributed by atoms with Crippen LogP contribution < -0.4 is 0 Å². The summed E-state index contributed by atoms with van der Waals surface area (Å²) in [7, 11) is 0. The first-order valence-corrected chi connectivity index (χ1v) is 8.19. The molecule has 1 aliphatic heterocycles. The van der Waals surface area contributed by atoms with Crippen LogP contribution in [-0.4, -0.2) is 46.8 Å². The first-order chi connectivity index (χ1) is 9.58. The summed E-state index contributed by atoms with van der Waals surface area (Å²) in [4.78, 5) is 28.9. The van der Waals surface area contributed by atoms with Crippen molar-refractivity contribution in [2.45, 2.75) is 64.5 Å². The molecular weight excluding hydrogens is 252 g/mol. The Morgan fingerprint density at radius 2 is 1.10 bits per heavy atom. The van der Waals surface area contributed by atoms with Crippen LogP contribution in [0.4, 0.5) is 0 Å². The van der Waals surface area contributed by atoms with Gasteiger partial charge in [-0.1, -0.05) is 12.8 Å². The zero-order chi connectivity index (χ0) is 14.3. The van der Waals surface area contributed by atoms with E-state index in [4.69, 9.17) is 0 Å². The highest BCUT2D eigenvalue weighted by Crippen LogP contribution is 2.32. The zero-order valence-electron chi connectivity index (χ0n) is 12.7. The van der Waals surface area contributed by atoms with Crippen LogP contribution in [0.15, 0.2) is 0 Å². The molecule has 2 atom stereocenters. The van der Waals surface area contributed by atoms with Crippen LogP contribution >= 0.6 is 0 Å².